The maximum absolute atomic E-state index is 13.3. The Morgan fingerprint density at radius 2 is 1.88 bits per heavy atom. The molecule has 0 aliphatic carbocycles. The standard InChI is InChI=1S/C26H26N4O4/c27-22-13-16(9-10-28-22)12-21-23(25(32)33)30(24(21)31)26(34)29-11-3-6-20(15-29)19-8-7-17-4-1-2-5-18(17)14-19/h1-2,4-5,7-10,13-14,20-21,23H,3,6,11-12,15H2,(H2,27,28)(H,32,33)/t20?,21-,23+/m1/s1. The van der Waals surface area contributed by atoms with Crippen molar-refractivity contribution in [3.8, 4) is 0 Å². The molecule has 0 bridgehead atoms. The van der Waals surface area contributed by atoms with Crippen LogP contribution in [0.2, 0.25) is 0 Å². The number of benzene rings is 2. The number of aromatic nitrogens is 1. The largest absolute Gasteiger partial charge is 0.480 e. The Bertz CT molecular complexity index is 1280. The molecule has 2 aliphatic rings. The van der Waals surface area contributed by atoms with E-state index in [9.17, 15) is 19.5 Å². The maximum Gasteiger partial charge on any atom is 0.327 e. The van der Waals surface area contributed by atoms with Gasteiger partial charge in [0.2, 0.25) is 5.91 Å². The molecule has 3 atom stereocenters. The Morgan fingerprint density at radius 3 is 2.65 bits per heavy atom. The lowest BCUT2D eigenvalue weighted by molar-refractivity contribution is -0.166. The van der Waals surface area contributed by atoms with E-state index in [1.54, 1.807) is 17.0 Å². The SMILES string of the molecule is Nc1cc(C[C@H]2C(=O)N(C(=O)N3CCCC(c4ccc5ccccc5c4)C3)[C@@H]2C(=O)O)ccn1. The number of hydrogen-bond donors (Lipinski definition) is 2. The maximum atomic E-state index is 13.3. The first kappa shape index (κ1) is 21.9. The van der Waals surface area contributed by atoms with Crippen molar-refractivity contribution in [2.45, 2.75) is 31.2 Å². The number of urea groups is 1. The second-order valence-electron chi connectivity index (χ2n) is 9.07. The molecular weight excluding hydrogens is 432 g/mol. The van der Waals surface area contributed by atoms with Crippen molar-refractivity contribution in [2.75, 3.05) is 18.8 Å². The number of likely N-dealkylation sites (tertiary alicyclic amines) is 2. The quantitative estimate of drug-likeness (QED) is 0.580. The summed E-state index contributed by atoms with van der Waals surface area (Å²) in [5, 5.41) is 12.1. The fraction of sp³-hybridized carbons (Fsp3) is 0.308. The highest BCUT2D eigenvalue weighted by molar-refractivity contribution is 6.07. The van der Waals surface area contributed by atoms with Gasteiger partial charge in [-0.25, -0.2) is 19.5 Å². The Labute approximate surface area is 197 Å². The van der Waals surface area contributed by atoms with Crippen molar-refractivity contribution in [1.82, 2.24) is 14.8 Å². The number of imide groups is 1. The molecule has 0 radical (unpaired) electrons. The van der Waals surface area contributed by atoms with Gasteiger partial charge in [-0.1, -0.05) is 42.5 Å². The molecule has 0 spiro atoms. The molecule has 3 heterocycles. The van der Waals surface area contributed by atoms with Crippen molar-refractivity contribution >= 4 is 34.5 Å². The molecule has 2 aliphatic heterocycles. The molecule has 2 aromatic carbocycles. The van der Waals surface area contributed by atoms with E-state index in [0.717, 1.165) is 39.6 Å². The van der Waals surface area contributed by atoms with Crippen LogP contribution in [0.5, 0.6) is 0 Å². The number of pyridine rings is 1. The Kier molecular flexibility index (Phi) is 5.65. The third kappa shape index (κ3) is 3.96. The second-order valence-corrected chi connectivity index (χ2v) is 9.07. The van der Waals surface area contributed by atoms with Crippen LogP contribution < -0.4 is 5.73 Å². The molecule has 5 rings (SSSR count). The molecule has 2 fully saturated rings. The summed E-state index contributed by atoms with van der Waals surface area (Å²) in [6.07, 6.45) is 3.45. The predicted molar refractivity (Wildman–Crippen MR) is 127 cm³/mol. The van der Waals surface area contributed by atoms with Crippen LogP contribution in [0.3, 0.4) is 0 Å². The van der Waals surface area contributed by atoms with Crippen molar-refractivity contribution in [3.63, 3.8) is 0 Å². The lowest BCUT2D eigenvalue weighted by Gasteiger charge is -2.46. The summed E-state index contributed by atoms with van der Waals surface area (Å²) in [7, 11) is 0. The molecule has 3 amide bonds. The van der Waals surface area contributed by atoms with Crippen LogP contribution in [0.15, 0.2) is 60.8 Å². The number of β-lactam (4-membered cyclic amide) rings is 1. The number of carbonyl (C=O) groups excluding carboxylic acids is 2. The number of amides is 3. The number of nitrogens with zero attached hydrogens (tertiary/aromatic N) is 3. The smallest absolute Gasteiger partial charge is 0.327 e. The van der Waals surface area contributed by atoms with E-state index in [1.807, 2.05) is 12.1 Å². The Morgan fingerprint density at radius 1 is 1.09 bits per heavy atom. The molecule has 0 saturated carbocycles. The van der Waals surface area contributed by atoms with Crippen LogP contribution in [0.25, 0.3) is 10.8 Å². The normalized spacial score (nSPS) is 22.5. The van der Waals surface area contributed by atoms with Crippen molar-refractivity contribution in [3.05, 3.63) is 71.9 Å². The Hall–Kier alpha value is -3.94. The van der Waals surface area contributed by atoms with Crippen molar-refractivity contribution in [2.24, 2.45) is 5.92 Å². The number of aliphatic carboxylic acids is 1. The molecule has 1 unspecified atom stereocenters. The molecule has 3 aromatic rings. The van der Waals surface area contributed by atoms with Crippen LogP contribution in [0.1, 0.15) is 29.9 Å². The van der Waals surface area contributed by atoms with Gasteiger partial charge in [-0.3, -0.25) is 4.79 Å². The highest BCUT2D eigenvalue weighted by Gasteiger charge is 2.55. The number of hydrogen-bond acceptors (Lipinski definition) is 5. The van der Waals surface area contributed by atoms with Crippen molar-refractivity contribution < 1.29 is 19.5 Å². The zero-order chi connectivity index (χ0) is 23.8. The van der Waals surface area contributed by atoms with E-state index in [2.05, 4.69) is 35.3 Å². The zero-order valence-electron chi connectivity index (χ0n) is 18.6. The summed E-state index contributed by atoms with van der Waals surface area (Å²) in [6, 6.07) is 16.1. The lowest BCUT2D eigenvalue weighted by atomic mass is 9.82. The van der Waals surface area contributed by atoms with Gasteiger partial charge in [0.25, 0.3) is 0 Å². The highest BCUT2D eigenvalue weighted by atomic mass is 16.4. The summed E-state index contributed by atoms with van der Waals surface area (Å²) in [5.41, 5.74) is 7.57. The average Bonchev–Trinajstić information content (AvgIpc) is 2.85. The number of piperidine rings is 1. The average molecular weight is 459 g/mol. The van der Waals surface area contributed by atoms with Gasteiger partial charge in [0.1, 0.15) is 5.82 Å². The Balaban J connectivity index is 1.31. The number of rotatable bonds is 4. The number of nitrogen functional groups attached to an aromatic ring is 1. The first-order chi connectivity index (χ1) is 16.4. The van der Waals surface area contributed by atoms with E-state index in [-0.39, 0.29) is 12.3 Å². The van der Waals surface area contributed by atoms with Gasteiger partial charge in [0.15, 0.2) is 6.04 Å². The summed E-state index contributed by atoms with van der Waals surface area (Å²) < 4.78 is 0. The van der Waals surface area contributed by atoms with E-state index in [1.165, 1.54) is 6.20 Å². The second kappa shape index (κ2) is 8.78. The summed E-state index contributed by atoms with van der Waals surface area (Å²) in [5.74, 6) is -2.00. The first-order valence-corrected chi connectivity index (χ1v) is 11.5. The number of anilines is 1. The molecule has 8 nitrogen and oxygen atoms in total. The van der Waals surface area contributed by atoms with Gasteiger partial charge in [-0.05, 0) is 53.3 Å². The molecule has 3 N–H and O–H groups in total. The molecular formula is C26H26N4O4. The molecule has 2 saturated heterocycles. The van der Waals surface area contributed by atoms with E-state index in [0.29, 0.717) is 18.9 Å². The van der Waals surface area contributed by atoms with Gasteiger partial charge in [0, 0.05) is 25.2 Å². The minimum atomic E-state index is -1.18. The fourth-order valence-electron chi connectivity index (χ4n) is 5.16. The highest BCUT2D eigenvalue weighted by Crippen LogP contribution is 2.34. The third-order valence-electron chi connectivity index (χ3n) is 6.91. The lowest BCUT2D eigenvalue weighted by Crippen LogP contribution is -2.69. The van der Waals surface area contributed by atoms with Gasteiger partial charge in [-0.15, -0.1) is 0 Å². The number of fused-ring (bicyclic) bond motifs is 1. The van der Waals surface area contributed by atoms with Crippen molar-refractivity contribution in [1.29, 1.82) is 0 Å². The van der Waals surface area contributed by atoms with Crippen LogP contribution in [-0.2, 0) is 16.0 Å². The summed E-state index contributed by atoms with van der Waals surface area (Å²) in [6.45, 7) is 0.962. The van der Waals surface area contributed by atoms with E-state index < -0.39 is 29.9 Å². The van der Waals surface area contributed by atoms with Crippen LogP contribution >= 0.6 is 0 Å². The minimum Gasteiger partial charge on any atom is -0.480 e. The zero-order valence-corrected chi connectivity index (χ0v) is 18.6. The molecule has 1 aromatic heterocycles. The summed E-state index contributed by atoms with van der Waals surface area (Å²) in [4.78, 5) is 44.7. The topological polar surface area (TPSA) is 117 Å². The van der Waals surface area contributed by atoms with Gasteiger partial charge < -0.3 is 15.7 Å². The first-order valence-electron chi connectivity index (χ1n) is 11.5. The number of carbonyl (C=O) groups is 3. The number of carboxylic acid groups (broad SMARTS) is 1. The number of carboxylic acids is 1. The minimum absolute atomic E-state index is 0.137. The predicted octanol–water partition coefficient (Wildman–Crippen LogP) is 3.27. The fourth-order valence-corrected chi connectivity index (χ4v) is 5.16. The summed E-state index contributed by atoms with van der Waals surface area (Å²) >= 11 is 0. The molecule has 34 heavy (non-hydrogen) atoms. The van der Waals surface area contributed by atoms with Gasteiger partial charge >= 0.3 is 12.0 Å². The van der Waals surface area contributed by atoms with Crippen LogP contribution in [-0.4, -0.2) is 56.9 Å². The van der Waals surface area contributed by atoms with E-state index in [4.69, 9.17) is 5.73 Å². The van der Waals surface area contributed by atoms with E-state index >= 15 is 0 Å². The third-order valence-corrected chi connectivity index (χ3v) is 6.91. The molecule has 8 heteroatoms. The van der Waals surface area contributed by atoms with Gasteiger partial charge in [-0.2, -0.15) is 0 Å². The van der Waals surface area contributed by atoms with Gasteiger partial charge in [0.05, 0.1) is 5.92 Å². The monoisotopic (exact) mass is 458 g/mol. The number of nitrogens with two attached hydrogens (primary N) is 1. The molecule has 174 valence electrons. The van der Waals surface area contributed by atoms with Crippen LogP contribution in [0.4, 0.5) is 10.6 Å². The van der Waals surface area contributed by atoms with Crippen LogP contribution in [0, 0.1) is 5.92 Å².